The molecule has 0 aromatic heterocycles. The second-order valence-corrected chi connectivity index (χ2v) is 6.30. The summed E-state index contributed by atoms with van der Waals surface area (Å²) in [6.45, 7) is 1.30. The van der Waals surface area contributed by atoms with Crippen LogP contribution in [-0.2, 0) is 14.8 Å². The zero-order valence-electron chi connectivity index (χ0n) is 12.3. The van der Waals surface area contributed by atoms with Crippen LogP contribution in [-0.4, -0.2) is 14.3 Å². The van der Waals surface area contributed by atoms with Gasteiger partial charge in [-0.15, -0.1) is 0 Å². The van der Waals surface area contributed by atoms with Crippen LogP contribution in [0.5, 0.6) is 0 Å². The highest BCUT2D eigenvalue weighted by Crippen LogP contribution is 2.21. The fourth-order valence-electron chi connectivity index (χ4n) is 1.80. The minimum atomic E-state index is -3.88. The molecule has 0 radical (unpaired) electrons. The van der Waals surface area contributed by atoms with E-state index in [0.717, 1.165) is 11.5 Å². The molecule has 2 rings (SSSR count). The molecule has 0 heterocycles. The van der Waals surface area contributed by atoms with Crippen molar-refractivity contribution in [2.75, 3.05) is 10.0 Å². The van der Waals surface area contributed by atoms with Gasteiger partial charge in [0.2, 0.25) is 5.91 Å². The number of benzene rings is 2. The van der Waals surface area contributed by atoms with Crippen molar-refractivity contribution in [2.24, 2.45) is 0 Å². The lowest BCUT2D eigenvalue weighted by Crippen LogP contribution is -2.11. The van der Waals surface area contributed by atoms with Crippen molar-refractivity contribution in [2.45, 2.75) is 6.92 Å². The highest BCUT2D eigenvalue weighted by Gasteiger charge is 2.11. The minimum absolute atomic E-state index is 0.242. The fraction of sp³-hybridized carbons (Fsp3) is 0.0625. The van der Waals surface area contributed by atoms with Crippen molar-refractivity contribution in [1.82, 2.24) is 0 Å². The monoisotopic (exact) mass is 334 g/mol. The van der Waals surface area contributed by atoms with E-state index < -0.39 is 15.8 Å². The standard InChI is InChI=1S/C16H15FN2O3S/c1-12(20)18-14-7-8-15(17)16(11-14)19-23(21,22)10-9-13-5-3-2-4-6-13/h2-11,19H,1H3,(H,18,20)/b10-9+. The molecule has 23 heavy (non-hydrogen) atoms. The Morgan fingerprint density at radius 3 is 2.48 bits per heavy atom. The number of halogens is 1. The van der Waals surface area contributed by atoms with Crippen molar-refractivity contribution in [3.8, 4) is 0 Å². The van der Waals surface area contributed by atoms with Crippen LogP contribution in [0, 0.1) is 5.82 Å². The highest BCUT2D eigenvalue weighted by atomic mass is 32.2. The molecule has 2 N–H and O–H groups in total. The number of rotatable bonds is 5. The van der Waals surface area contributed by atoms with Crippen molar-refractivity contribution < 1.29 is 17.6 Å². The van der Waals surface area contributed by atoms with Gasteiger partial charge in [0.15, 0.2) is 0 Å². The van der Waals surface area contributed by atoms with Gasteiger partial charge in [0.25, 0.3) is 10.0 Å². The van der Waals surface area contributed by atoms with Gasteiger partial charge in [-0.2, -0.15) is 0 Å². The molecule has 0 unspecified atom stereocenters. The largest absolute Gasteiger partial charge is 0.326 e. The third-order valence-corrected chi connectivity index (χ3v) is 3.78. The van der Waals surface area contributed by atoms with E-state index in [1.165, 1.54) is 25.1 Å². The number of hydrogen-bond acceptors (Lipinski definition) is 3. The predicted molar refractivity (Wildman–Crippen MR) is 88.7 cm³/mol. The molecule has 0 aliphatic rings. The van der Waals surface area contributed by atoms with Gasteiger partial charge in [-0.05, 0) is 29.8 Å². The molecule has 0 aliphatic carbocycles. The van der Waals surface area contributed by atoms with E-state index in [2.05, 4.69) is 10.0 Å². The molecule has 1 amide bonds. The van der Waals surface area contributed by atoms with Gasteiger partial charge in [0.05, 0.1) is 11.1 Å². The number of anilines is 2. The third kappa shape index (κ3) is 5.23. The second kappa shape index (κ2) is 7.06. The van der Waals surface area contributed by atoms with Crippen LogP contribution in [0.15, 0.2) is 53.9 Å². The Hall–Kier alpha value is -2.67. The lowest BCUT2D eigenvalue weighted by molar-refractivity contribution is -0.114. The third-order valence-electron chi connectivity index (χ3n) is 2.78. The Bertz CT molecular complexity index is 834. The van der Waals surface area contributed by atoms with E-state index in [1.54, 1.807) is 24.3 Å². The Kier molecular flexibility index (Phi) is 5.13. The summed E-state index contributed by atoms with van der Waals surface area (Å²) in [5.41, 5.74) is 0.753. The summed E-state index contributed by atoms with van der Waals surface area (Å²) in [5.74, 6) is -1.08. The van der Waals surface area contributed by atoms with Crippen LogP contribution >= 0.6 is 0 Å². The van der Waals surface area contributed by atoms with Crippen LogP contribution in [0.1, 0.15) is 12.5 Å². The maximum absolute atomic E-state index is 13.7. The summed E-state index contributed by atoms with van der Waals surface area (Å²) in [6.07, 6.45) is 1.40. The summed E-state index contributed by atoms with van der Waals surface area (Å²) in [7, 11) is -3.88. The normalized spacial score (nSPS) is 11.4. The van der Waals surface area contributed by atoms with E-state index in [4.69, 9.17) is 0 Å². The molecular weight excluding hydrogens is 319 g/mol. The van der Waals surface area contributed by atoms with E-state index in [-0.39, 0.29) is 11.6 Å². The number of carbonyl (C=O) groups is 1. The SMILES string of the molecule is CC(=O)Nc1ccc(F)c(NS(=O)(=O)/C=C/c2ccccc2)c1. The predicted octanol–water partition coefficient (Wildman–Crippen LogP) is 3.20. The molecule has 5 nitrogen and oxygen atoms in total. The zero-order chi connectivity index (χ0) is 16.9. The summed E-state index contributed by atoms with van der Waals surface area (Å²) in [4.78, 5) is 11.0. The van der Waals surface area contributed by atoms with Gasteiger partial charge >= 0.3 is 0 Å². The average Bonchev–Trinajstić information content (AvgIpc) is 2.49. The Labute approximate surface area is 133 Å². The van der Waals surface area contributed by atoms with Crippen LogP contribution in [0.4, 0.5) is 15.8 Å². The molecule has 0 saturated heterocycles. The van der Waals surface area contributed by atoms with Crippen molar-refractivity contribution in [3.05, 3.63) is 65.3 Å². The van der Waals surface area contributed by atoms with Crippen molar-refractivity contribution in [3.63, 3.8) is 0 Å². The topological polar surface area (TPSA) is 75.3 Å². The molecule has 0 spiro atoms. The van der Waals surface area contributed by atoms with Crippen LogP contribution in [0.25, 0.3) is 6.08 Å². The highest BCUT2D eigenvalue weighted by molar-refractivity contribution is 7.95. The van der Waals surface area contributed by atoms with Gasteiger partial charge in [0.1, 0.15) is 5.82 Å². The molecule has 0 saturated carbocycles. The first-order valence-corrected chi connectivity index (χ1v) is 8.23. The summed E-state index contributed by atoms with van der Waals surface area (Å²) in [5, 5.41) is 3.41. The van der Waals surface area contributed by atoms with Crippen LogP contribution in [0.3, 0.4) is 0 Å². The minimum Gasteiger partial charge on any atom is -0.326 e. The average molecular weight is 334 g/mol. The quantitative estimate of drug-likeness (QED) is 0.882. The van der Waals surface area contributed by atoms with Crippen molar-refractivity contribution in [1.29, 1.82) is 0 Å². The van der Waals surface area contributed by atoms with E-state index >= 15 is 0 Å². The molecule has 0 aliphatic heterocycles. The Morgan fingerprint density at radius 1 is 1.13 bits per heavy atom. The van der Waals surface area contributed by atoms with Gasteiger partial charge in [-0.1, -0.05) is 30.3 Å². The number of carbonyl (C=O) groups excluding carboxylic acids is 1. The lowest BCUT2D eigenvalue weighted by Gasteiger charge is -2.08. The Balaban J connectivity index is 2.20. The maximum atomic E-state index is 13.7. The summed E-state index contributed by atoms with van der Waals surface area (Å²) >= 11 is 0. The van der Waals surface area contributed by atoms with Gasteiger partial charge < -0.3 is 5.32 Å². The van der Waals surface area contributed by atoms with Crippen LogP contribution < -0.4 is 10.0 Å². The van der Waals surface area contributed by atoms with E-state index in [0.29, 0.717) is 11.3 Å². The molecule has 0 fully saturated rings. The fourth-order valence-corrected chi connectivity index (χ4v) is 2.67. The molecule has 2 aromatic rings. The van der Waals surface area contributed by atoms with E-state index in [1.807, 2.05) is 6.07 Å². The van der Waals surface area contributed by atoms with E-state index in [9.17, 15) is 17.6 Å². The van der Waals surface area contributed by atoms with Gasteiger partial charge in [0, 0.05) is 12.6 Å². The summed E-state index contributed by atoms with van der Waals surface area (Å²) < 4.78 is 39.9. The van der Waals surface area contributed by atoms with Crippen molar-refractivity contribution >= 4 is 33.4 Å². The second-order valence-electron chi connectivity index (χ2n) is 4.74. The number of amides is 1. The molecule has 120 valence electrons. The van der Waals surface area contributed by atoms with Gasteiger partial charge in [-0.25, -0.2) is 12.8 Å². The molecule has 7 heteroatoms. The first-order valence-electron chi connectivity index (χ1n) is 6.69. The Morgan fingerprint density at radius 2 is 1.83 bits per heavy atom. The maximum Gasteiger partial charge on any atom is 0.255 e. The first-order chi connectivity index (χ1) is 10.9. The first kappa shape index (κ1) is 16.7. The summed E-state index contributed by atoms with van der Waals surface area (Å²) in [6, 6.07) is 12.5. The smallest absolute Gasteiger partial charge is 0.255 e. The lowest BCUT2D eigenvalue weighted by atomic mass is 10.2. The molecule has 0 bridgehead atoms. The number of nitrogens with one attached hydrogen (secondary N) is 2. The molecule has 0 atom stereocenters. The number of hydrogen-bond donors (Lipinski definition) is 2. The molecular formula is C16H15FN2O3S. The number of sulfonamides is 1. The van der Waals surface area contributed by atoms with Gasteiger partial charge in [-0.3, -0.25) is 9.52 Å². The van der Waals surface area contributed by atoms with Crippen LogP contribution in [0.2, 0.25) is 0 Å². The zero-order valence-corrected chi connectivity index (χ0v) is 13.1. The molecule has 2 aromatic carbocycles.